The molecule has 1 aromatic heterocycles. The lowest BCUT2D eigenvalue weighted by atomic mass is 10.0. The highest BCUT2D eigenvalue weighted by atomic mass is 32.2. The minimum absolute atomic E-state index is 0.240. The summed E-state index contributed by atoms with van der Waals surface area (Å²) in [6.07, 6.45) is 4.39. The second-order valence-corrected chi connectivity index (χ2v) is 7.86. The summed E-state index contributed by atoms with van der Waals surface area (Å²) >= 11 is 0.981. The fraction of sp³-hybridized carbons (Fsp3) is 0.583. The lowest BCUT2D eigenvalue weighted by Crippen LogP contribution is -2.49. The summed E-state index contributed by atoms with van der Waals surface area (Å²) in [5.41, 5.74) is 0. The molecule has 0 aliphatic carbocycles. The largest absolute Gasteiger partial charge is 0.465 e. The summed E-state index contributed by atoms with van der Waals surface area (Å²) in [6, 6.07) is -0.741. The first-order valence-corrected chi connectivity index (χ1v) is 9.31. The van der Waals surface area contributed by atoms with Gasteiger partial charge in [0.25, 0.3) is 0 Å². The average Bonchev–Trinajstić information content (AvgIpc) is 2.94. The number of rotatable bonds is 4. The molecule has 1 N–H and O–H groups in total. The third-order valence-corrected chi connectivity index (χ3v) is 5.49. The van der Waals surface area contributed by atoms with Crippen LogP contribution in [0.1, 0.15) is 28.9 Å². The topological polar surface area (TPSA) is 106 Å². The van der Waals surface area contributed by atoms with Crippen molar-refractivity contribution in [3.63, 3.8) is 0 Å². The van der Waals surface area contributed by atoms with Gasteiger partial charge in [-0.1, -0.05) is 17.8 Å². The van der Waals surface area contributed by atoms with E-state index in [2.05, 4.69) is 15.0 Å². The third kappa shape index (κ3) is 3.81. The van der Waals surface area contributed by atoms with Crippen molar-refractivity contribution in [1.29, 1.82) is 0 Å². The minimum atomic E-state index is -3.44. The Balaban J connectivity index is 2.10. The van der Waals surface area contributed by atoms with Gasteiger partial charge in [-0.2, -0.15) is 4.31 Å². The lowest BCUT2D eigenvalue weighted by molar-refractivity contribution is -0.120. The van der Waals surface area contributed by atoms with E-state index in [1.807, 2.05) is 0 Å². The Kier molecular flexibility index (Phi) is 5.14. The van der Waals surface area contributed by atoms with E-state index in [0.29, 0.717) is 13.0 Å². The Morgan fingerprint density at radius 2 is 2.18 bits per heavy atom. The molecule has 0 bridgehead atoms. The van der Waals surface area contributed by atoms with Gasteiger partial charge >= 0.3 is 5.97 Å². The van der Waals surface area contributed by atoms with Gasteiger partial charge in [-0.05, 0) is 12.8 Å². The molecule has 0 aromatic carbocycles. The molecule has 1 aliphatic heterocycles. The predicted octanol–water partition coefficient (Wildman–Crippen LogP) is 0.682. The van der Waals surface area contributed by atoms with E-state index >= 15 is 0 Å². The number of piperidine rings is 1. The maximum Gasteiger partial charge on any atom is 0.349 e. The van der Waals surface area contributed by atoms with E-state index in [1.165, 1.54) is 17.6 Å². The number of carbonyl (C=O) groups excluding carboxylic acids is 2. The molecule has 10 heteroatoms. The van der Waals surface area contributed by atoms with Gasteiger partial charge in [-0.3, -0.25) is 4.79 Å². The molecule has 1 amide bonds. The van der Waals surface area contributed by atoms with Crippen molar-refractivity contribution in [2.45, 2.75) is 25.3 Å². The Labute approximate surface area is 132 Å². The minimum Gasteiger partial charge on any atom is -0.465 e. The molecule has 122 valence electrons. The van der Waals surface area contributed by atoms with E-state index in [1.54, 1.807) is 0 Å². The number of ether oxygens (including phenoxy) is 1. The number of carbonyl (C=O) groups is 2. The Hall–Kier alpha value is -1.52. The highest BCUT2D eigenvalue weighted by Crippen LogP contribution is 2.23. The lowest BCUT2D eigenvalue weighted by Gasteiger charge is -2.32. The third-order valence-electron chi connectivity index (χ3n) is 3.30. The molecular formula is C12H17N3O5S2. The predicted molar refractivity (Wildman–Crippen MR) is 81.3 cm³/mol. The second-order valence-electron chi connectivity index (χ2n) is 4.90. The van der Waals surface area contributed by atoms with E-state index in [0.717, 1.165) is 30.4 Å². The number of nitrogens with zero attached hydrogens (tertiary/aromatic N) is 2. The zero-order chi connectivity index (χ0) is 16.3. The number of hydrogen-bond donors (Lipinski definition) is 1. The molecule has 1 aromatic rings. The van der Waals surface area contributed by atoms with Crippen molar-refractivity contribution in [2.24, 2.45) is 0 Å². The van der Waals surface area contributed by atoms with Gasteiger partial charge in [0, 0.05) is 6.54 Å². The fourth-order valence-electron chi connectivity index (χ4n) is 2.28. The summed E-state index contributed by atoms with van der Waals surface area (Å²) in [5, 5.41) is 2.81. The van der Waals surface area contributed by atoms with Crippen LogP contribution in [0.2, 0.25) is 0 Å². The molecular weight excluding hydrogens is 330 g/mol. The van der Waals surface area contributed by atoms with Gasteiger partial charge in [0.1, 0.15) is 10.9 Å². The molecule has 1 atom stereocenters. The SMILES string of the molecule is COC(=O)c1cnc(NC(=O)[C@@H]2CCCCN2S(C)(=O)=O)s1. The Morgan fingerprint density at radius 3 is 2.82 bits per heavy atom. The van der Waals surface area contributed by atoms with Crippen LogP contribution in [0.25, 0.3) is 0 Å². The Morgan fingerprint density at radius 1 is 1.45 bits per heavy atom. The second kappa shape index (κ2) is 6.71. The van der Waals surface area contributed by atoms with Gasteiger partial charge in [0.2, 0.25) is 15.9 Å². The zero-order valence-electron chi connectivity index (χ0n) is 12.2. The molecule has 2 rings (SSSR count). The van der Waals surface area contributed by atoms with E-state index < -0.39 is 27.9 Å². The molecule has 1 fully saturated rings. The number of esters is 1. The van der Waals surface area contributed by atoms with Crippen LogP contribution in [0.3, 0.4) is 0 Å². The number of amides is 1. The Bertz CT molecular complexity index is 670. The van der Waals surface area contributed by atoms with E-state index in [4.69, 9.17) is 0 Å². The monoisotopic (exact) mass is 347 g/mol. The van der Waals surface area contributed by atoms with E-state index in [-0.39, 0.29) is 10.0 Å². The van der Waals surface area contributed by atoms with Gasteiger partial charge < -0.3 is 10.1 Å². The number of nitrogens with one attached hydrogen (secondary N) is 1. The number of methoxy groups -OCH3 is 1. The van der Waals surface area contributed by atoms with Crippen molar-refractivity contribution in [1.82, 2.24) is 9.29 Å². The molecule has 2 heterocycles. The summed E-state index contributed by atoms with van der Waals surface area (Å²) in [6.45, 7) is 0.336. The van der Waals surface area contributed by atoms with Crippen LogP contribution in [-0.4, -0.2) is 55.5 Å². The normalized spacial score (nSPS) is 19.6. The smallest absolute Gasteiger partial charge is 0.349 e. The molecule has 0 saturated carbocycles. The van der Waals surface area contributed by atoms with E-state index in [9.17, 15) is 18.0 Å². The standard InChI is InChI=1S/C12H17N3O5S2/c1-20-11(17)9-7-13-12(21-9)14-10(16)8-5-3-4-6-15(8)22(2,18)19/h7-8H,3-6H2,1-2H3,(H,13,14,16)/t8-/m0/s1. The number of thiazole rings is 1. The molecule has 8 nitrogen and oxygen atoms in total. The van der Waals surface area contributed by atoms with Crippen molar-refractivity contribution < 1.29 is 22.7 Å². The molecule has 0 spiro atoms. The summed E-state index contributed by atoms with van der Waals surface area (Å²) in [7, 11) is -2.19. The first-order chi connectivity index (χ1) is 10.3. The first kappa shape index (κ1) is 16.8. The molecule has 0 unspecified atom stereocenters. The van der Waals surface area contributed by atoms with Crippen molar-refractivity contribution in [3.05, 3.63) is 11.1 Å². The first-order valence-electron chi connectivity index (χ1n) is 6.64. The van der Waals surface area contributed by atoms with Crippen LogP contribution in [-0.2, 0) is 19.6 Å². The van der Waals surface area contributed by atoms with Crippen LogP contribution in [0.4, 0.5) is 5.13 Å². The zero-order valence-corrected chi connectivity index (χ0v) is 13.9. The highest BCUT2D eigenvalue weighted by Gasteiger charge is 2.34. The fourth-order valence-corrected chi connectivity index (χ4v) is 4.14. The van der Waals surface area contributed by atoms with Gasteiger partial charge in [0.05, 0.1) is 19.6 Å². The van der Waals surface area contributed by atoms with Gasteiger partial charge in [0.15, 0.2) is 5.13 Å². The van der Waals surface area contributed by atoms with Gasteiger partial charge in [-0.15, -0.1) is 0 Å². The van der Waals surface area contributed by atoms with Crippen LogP contribution in [0.5, 0.6) is 0 Å². The van der Waals surface area contributed by atoms with Crippen LogP contribution < -0.4 is 5.32 Å². The molecule has 1 saturated heterocycles. The van der Waals surface area contributed by atoms with Crippen LogP contribution in [0.15, 0.2) is 6.20 Å². The number of aromatic nitrogens is 1. The maximum absolute atomic E-state index is 12.3. The number of anilines is 1. The summed E-state index contributed by atoms with van der Waals surface area (Å²) in [4.78, 5) is 27.8. The molecule has 0 radical (unpaired) electrons. The molecule has 22 heavy (non-hydrogen) atoms. The highest BCUT2D eigenvalue weighted by molar-refractivity contribution is 7.88. The summed E-state index contributed by atoms with van der Waals surface area (Å²) in [5.74, 6) is -0.968. The number of sulfonamides is 1. The maximum atomic E-state index is 12.3. The van der Waals surface area contributed by atoms with Crippen molar-refractivity contribution in [3.8, 4) is 0 Å². The van der Waals surface area contributed by atoms with Crippen molar-refractivity contribution in [2.75, 3.05) is 25.2 Å². The molecule has 1 aliphatic rings. The average molecular weight is 347 g/mol. The number of hydrogen-bond acceptors (Lipinski definition) is 7. The van der Waals surface area contributed by atoms with Gasteiger partial charge in [-0.25, -0.2) is 18.2 Å². The van der Waals surface area contributed by atoms with Crippen molar-refractivity contribution >= 4 is 38.4 Å². The quantitative estimate of drug-likeness (QED) is 0.803. The summed E-state index contributed by atoms with van der Waals surface area (Å²) < 4.78 is 29.3. The van der Waals surface area contributed by atoms with Crippen LogP contribution >= 0.6 is 11.3 Å². The van der Waals surface area contributed by atoms with Crippen LogP contribution in [0, 0.1) is 0 Å².